The summed E-state index contributed by atoms with van der Waals surface area (Å²) in [7, 11) is -6.74. The van der Waals surface area contributed by atoms with Crippen LogP contribution >= 0.6 is 0 Å². The molecule has 1 aromatic carbocycles. The van der Waals surface area contributed by atoms with E-state index in [4.69, 9.17) is 4.74 Å². The summed E-state index contributed by atoms with van der Waals surface area (Å²) >= 11 is 0. The fourth-order valence-electron chi connectivity index (χ4n) is 5.30. The lowest BCUT2D eigenvalue weighted by molar-refractivity contribution is -0.0530. The Kier molecular flexibility index (Phi) is 7.96. The van der Waals surface area contributed by atoms with Crippen molar-refractivity contribution < 1.29 is 26.4 Å². The van der Waals surface area contributed by atoms with Crippen LogP contribution in [0.3, 0.4) is 0 Å². The number of likely N-dealkylation sites (tertiary alicyclic amines) is 1. The predicted octanol–water partition coefficient (Wildman–Crippen LogP) is 3.14. The average Bonchev–Trinajstić information content (AvgIpc) is 2.73. The van der Waals surface area contributed by atoms with E-state index in [1.807, 2.05) is 6.92 Å². The summed E-state index contributed by atoms with van der Waals surface area (Å²) in [5.41, 5.74) is -1.85. The summed E-state index contributed by atoms with van der Waals surface area (Å²) in [5.74, 6) is -0.125. The molecule has 1 atom stereocenters. The number of benzene rings is 1. The highest BCUT2D eigenvalue weighted by Crippen LogP contribution is 2.52. The van der Waals surface area contributed by atoms with Crippen LogP contribution in [0.5, 0.6) is 5.75 Å². The van der Waals surface area contributed by atoms with Gasteiger partial charge < -0.3 is 9.64 Å². The van der Waals surface area contributed by atoms with Crippen LogP contribution in [-0.4, -0.2) is 76.8 Å². The molecule has 1 unspecified atom stereocenters. The molecule has 33 heavy (non-hydrogen) atoms. The van der Waals surface area contributed by atoms with Gasteiger partial charge in [-0.15, -0.1) is 0 Å². The number of rotatable bonds is 10. The van der Waals surface area contributed by atoms with Crippen molar-refractivity contribution in [2.45, 2.75) is 57.5 Å². The predicted molar refractivity (Wildman–Crippen MR) is 130 cm³/mol. The molecule has 0 aromatic heterocycles. The smallest absolute Gasteiger partial charge is 0.176 e. The fraction of sp³-hybridized carbons (Fsp3) is 0.708. The molecule has 1 fully saturated rings. The number of piperidine rings is 1. The number of ketones is 1. The molecular weight excluding hydrogens is 462 g/mol. The molecule has 0 N–H and O–H groups in total. The third kappa shape index (κ3) is 6.36. The van der Waals surface area contributed by atoms with Crippen LogP contribution in [0.4, 0.5) is 0 Å². The SMILES string of the molecule is CC1(CCCN2CCCCC2)Oc2ccccc2C(=O)C1(CCS(C)(=O)=O)CCS(C)(=O)=O. The van der Waals surface area contributed by atoms with Crippen molar-refractivity contribution in [3.05, 3.63) is 29.8 Å². The van der Waals surface area contributed by atoms with Gasteiger partial charge >= 0.3 is 0 Å². The Morgan fingerprint density at radius 3 is 2.06 bits per heavy atom. The van der Waals surface area contributed by atoms with Gasteiger partial charge in [-0.25, -0.2) is 16.8 Å². The molecule has 2 aliphatic heterocycles. The van der Waals surface area contributed by atoms with Crippen LogP contribution in [0.2, 0.25) is 0 Å². The standard InChI is InChI=1S/C24H37NO6S2/c1-23(12-9-17-25-15-7-4-8-16-25)24(13-18-32(2,27)28,14-19-33(3,29)30)22(26)20-10-5-6-11-21(20)31-23/h5-6,10-11H,4,7-9,12-19H2,1-3H3. The monoisotopic (exact) mass is 499 g/mol. The summed E-state index contributed by atoms with van der Waals surface area (Å²) < 4.78 is 55.0. The molecule has 7 nitrogen and oxygen atoms in total. The van der Waals surface area contributed by atoms with Gasteiger partial charge in [-0.05, 0) is 77.2 Å². The van der Waals surface area contributed by atoms with Gasteiger partial charge in [0.15, 0.2) is 5.78 Å². The zero-order chi connectivity index (χ0) is 24.3. The zero-order valence-electron chi connectivity index (χ0n) is 20.0. The van der Waals surface area contributed by atoms with Crippen molar-refractivity contribution in [3.8, 4) is 5.75 Å². The van der Waals surface area contributed by atoms with E-state index in [0.717, 1.165) is 38.6 Å². The number of hydrogen-bond donors (Lipinski definition) is 0. The van der Waals surface area contributed by atoms with Crippen molar-refractivity contribution in [2.75, 3.05) is 43.7 Å². The number of hydrogen-bond acceptors (Lipinski definition) is 7. The Morgan fingerprint density at radius 2 is 1.48 bits per heavy atom. The van der Waals surface area contributed by atoms with Crippen LogP contribution in [0.25, 0.3) is 0 Å². The van der Waals surface area contributed by atoms with Gasteiger partial charge in [-0.3, -0.25) is 4.79 Å². The van der Waals surface area contributed by atoms with E-state index in [9.17, 15) is 21.6 Å². The van der Waals surface area contributed by atoms with Crippen LogP contribution in [0.1, 0.15) is 62.2 Å². The molecule has 1 saturated heterocycles. The molecule has 3 rings (SSSR count). The first-order valence-corrected chi connectivity index (χ1v) is 15.9. The van der Waals surface area contributed by atoms with Gasteiger partial charge in [0.1, 0.15) is 31.0 Å². The second-order valence-corrected chi connectivity index (χ2v) is 14.5. The second-order valence-electron chi connectivity index (χ2n) is 10.0. The second kappa shape index (κ2) is 10.0. The third-order valence-electron chi connectivity index (χ3n) is 7.29. The average molecular weight is 500 g/mol. The highest BCUT2D eigenvalue weighted by molar-refractivity contribution is 7.90. The number of carbonyl (C=O) groups is 1. The van der Waals surface area contributed by atoms with Crippen LogP contribution in [-0.2, 0) is 19.7 Å². The first kappa shape index (κ1) is 26.2. The third-order valence-corrected chi connectivity index (χ3v) is 9.18. The minimum Gasteiger partial charge on any atom is -0.486 e. The first-order valence-electron chi connectivity index (χ1n) is 11.8. The van der Waals surface area contributed by atoms with Crippen molar-refractivity contribution in [3.63, 3.8) is 0 Å². The van der Waals surface area contributed by atoms with Crippen LogP contribution in [0.15, 0.2) is 24.3 Å². The Bertz CT molecular complexity index is 1020. The van der Waals surface area contributed by atoms with Crippen LogP contribution < -0.4 is 4.74 Å². The topological polar surface area (TPSA) is 97.8 Å². The lowest BCUT2D eigenvalue weighted by Crippen LogP contribution is -2.59. The molecule has 2 aliphatic rings. The van der Waals surface area contributed by atoms with Crippen molar-refractivity contribution in [1.29, 1.82) is 0 Å². The first-order chi connectivity index (χ1) is 15.4. The zero-order valence-corrected chi connectivity index (χ0v) is 21.6. The minimum atomic E-state index is -3.37. The van der Waals surface area contributed by atoms with E-state index in [2.05, 4.69) is 4.90 Å². The van der Waals surface area contributed by atoms with Gasteiger partial charge in [-0.2, -0.15) is 0 Å². The molecule has 2 heterocycles. The molecule has 0 bridgehead atoms. The molecule has 1 aromatic rings. The van der Waals surface area contributed by atoms with Gasteiger partial charge in [0.05, 0.1) is 22.5 Å². The fourth-order valence-corrected chi connectivity index (χ4v) is 6.73. The lowest BCUT2D eigenvalue weighted by Gasteiger charge is -2.51. The van der Waals surface area contributed by atoms with E-state index in [1.54, 1.807) is 24.3 Å². The summed E-state index contributed by atoms with van der Waals surface area (Å²) in [4.78, 5) is 16.4. The Hall–Kier alpha value is -1.45. The van der Waals surface area contributed by atoms with Crippen molar-refractivity contribution >= 4 is 25.5 Å². The molecular formula is C24H37NO6S2. The summed E-state index contributed by atoms with van der Waals surface area (Å²) in [6, 6.07) is 6.99. The maximum atomic E-state index is 14.0. The Balaban J connectivity index is 1.98. The number of sulfone groups is 2. The van der Waals surface area contributed by atoms with Gasteiger partial charge in [-0.1, -0.05) is 18.6 Å². The molecule has 186 valence electrons. The normalized spacial score (nSPS) is 23.7. The maximum Gasteiger partial charge on any atom is 0.176 e. The molecule has 0 spiro atoms. The van der Waals surface area contributed by atoms with E-state index in [0.29, 0.717) is 17.7 Å². The number of nitrogens with zero attached hydrogens (tertiary/aromatic N) is 1. The van der Waals surface area contributed by atoms with E-state index in [1.165, 1.54) is 19.3 Å². The highest BCUT2D eigenvalue weighted by atomic mass is 32.2. The van der Waals surface area contributed by atoms with Gasteiger partial charge in [0.2, 0.25) is 0 Å². The lowest BCUT2D eigenvalue weighted by atomic mass is 9.61. The largest absolute Gasteiger partial charge is 0.486 e. The number of Topliss-reactive ketones (excluding diaryl/α,β-unsaturated/α-hetero) is 1. The Labute approximate surface area is 198 Å². The van der Waals surface area contributed by atoms with Crippen molar-refractivity contribution in [1.82, 2.24) is 4.90 Å². The van der Waals surface area contributed by atoms with E-state index in [-0.39, 0.29) is 30.1 Å². The number of para-hydroxylation sites is 1. The number of ether oxygens (including phenoxy) is 1. The molecule has 0 saturated carbocycles. The Morgan fingerprint density at radius 1 is 0.909 bits per heavy atom. The number of fused-ring (bicyclic) bond motifs is 1. The molecule has 9 heteroatoms. The quantitative estimate of drug-likeness (QED) is 0.488. The summed E-state index contributed by atoms with van der Waals surface area (Å²) in [6.45, 7) is 4.86. The minimum absolute atomic E-state index is 0.0364. The highest BCUT2D eigenvalue weighted by Gasteiger charge is 2.58. The summed E-state index contributed by atoms with van der Waals surface area (Å²) in [6.07, 6.45) is 7.31. The van der Waals surface area contributed by atoms with E-state index >= 15 is 0 Å². The van der Waals surface area contributed by atoms with E-state index < -0.39 is 30.7 Å². The van der Waals surface area contributed by atoms with Gasteiger partial charge in [0, 0.05) is 12.5 Å². The van der Waals surface area contributed by atoms with Crippen LogP contribution in [0, 0.1) is 5.41 Å². The number of carbonyl (C=O) groups excluding carboxylic acids is 1. The molecule has 0 amide bonds. The molecule has 0 radical (unpaired) electrons. The summed E-state index contributed by atoms with van der Waals surface area (Å²) in [5, 5.41) is 0. The van der Waals surface area contributed by atoms with Crippen molar-refractivity contribution in [2.24, 2.45) is 5.41 Å². The maximum absolute atomic E-state index is 14.0. The molecule has 0 aliphatic carbocycles. The van der Waals surface area contributed by atoms with Gasteiger partial charge in [0.25, 0.3) is 0 Å².